The number of carbonyl (C=O) groups excluding carboxylic acids is 2. The first-order valence-corrected chi connectivity index (χ1v) is 2.80. The fraction of sp³-hybridized carbons (Fsp3) is 0.333. The molecule has 1 aliphatic heterocycles. The second-order valence-electron chi connectivity index (χ2n) is 1.86. The molecule has 0 radical (unpaired) electrons. The van der Waals surface area contributed by atoms with Gasteiger partial charge in [-0.25, -0.2) is 5.06 Å². The molecule has 0 saturated carbocycles. The summed E-state index contributed by atoms with van der Waals surface area (Å²) in [4.78, 5) is 25.9. The van der Waals surface area contributed by atoms with Crippen LogP contribution in [0.3, 0.4) is 0 Å². The lowest BCUT2D eigenvalue weighted by atomic mass is 10.3. The fourth-order valence-electron chi connectivity index (χ4n) is 0.674. The van der Waals surface area contributed by atoms with Gasteiger partial charge in [0.1, 0.15) is 6.54 Å². The lowest BCUT2D eigenvalue weighted by Gasteiger charge is -2.18. The molecule has 10 heavy (non-hydrogen) atoms. The number of amides is 1. The van der Waals surface area contributed by atoms with Crippen LogP contribution in [-0.4, -0.2) is 30.4 Å². The van der Waals surface area contributed by atoms with Gasteiger partial charge < -0.3 is 0 Å². The molecule has 0 unspecified atom stereocenters. The summed E-state index contributed by atoms with van der Waals surface area (Å²) in [5, 5.41) is 1.00. The summed E-state index contributed by atoms with van der Waals surface area (Å²) < 4.78 is 0. The monoisotopic (exact) mass is 141 g/mol. The van der Waals surface area contributed by atoms with Crippen molar-refractivity contribution in [3.05, 3.63) is 12.2 Å². The molecule has 0 aromatic rings. The number of hydroxylamine groups is 2. The number of nitrogens with zero attached hydrogens (tertiary/aromatic N) is 1. The topological polar surface area (TPSA) is 46.6 Å². The van der Waals surface area contributed by atoms with Crippen LogP contribution in [-0.2, 0) is 14.4 Å². The van der Waals surface area contributed by atoms with E-state index < -0.39 is 0 Å². The summed E-state index contributed by atoms with van der Waals surface area (Å²) in [6.07, 6.45) is 2.44. The molecule has 1 amide bonds. The maximum absolute atomic E-state index is 10.7. The molecule has 0 aromatic heterocycles. The zero-order valence-corrected chi connectivity index (χ0v) is 5.53. The van der Waals surface area contributed by atoms with Crippen LogP contribution >= 0.6 is 0 Å². The third-order valence-electron chi connectivity index (χ3n) is 1.18. The highest BCUT2D eigenvalue weighted by atomic mass is 16.7. The highest BCUT2D eigenvalue weighted by Gasteiger charge is 2.17. The van der Waals surface area contributed by atoms with E-state index in [1.54, 1.807) is 0 Å². The molecule has 0 aliphatic carbocycles. The Hall–Kier alpha value is -1.16. The highest BCUT2D eigenvalue weighted by molar-refractivity contribution is 6.03. The summed E-state index contributed by atoms with van der Waals surface area (Å²) in [5.74, 6) is -0.413. The Morgan fingerprint density at radius 2 is 2.20 bits per heavy atom. The molecule has 1 rings (SSSR count). The van der Waals surface area contributed by atoms with Crippen molar-refractivity contribution in [3.63, 3.8) is 0 Å². The lowest BCUT2D eigenvalue weighted by Crippen LogP contribution is -2.36. The number of carbonyl (C=O) groups is 2. The van der Waals surface area contributed by atoms with E-state index in [0.29, 0.717) is 0 Å². The number of ketones is 1. The average molecular weight is 141 g/mol. The molecule has 4 nitrogen and oxygen atoms in total. The van der Waals surface area contributed by atoms with Crippen molar-refractivity contribution in [2.45, 2.75) is 0 Å². The Balaban J connectivity index is 2.71. The van der Waals surface area contributed by atoms with Crippen molar-refractivity contribution < 1.29 is 14.4 Å². The summed E-state index contributed by atoms with van der Waals surface area (Å²) in [5.41, 5.74) is 0. The van der Waals surface area contributed by atoms with E-state index in [9.17, 15) is 9.59 Å². The Morgan fingerprint density at radius 1 is 1.50 bits per heavy atom. The quantitative estimate of drug-likeness (QED) is 0.495. The smallest absolute Gasteiger partial charge is 0.270 e. The predicted octanol–water partition coefficient (Wildman–Crippen LogP) is -0.485. The van der Waals surface area contributed by atoms with Crippen molar-refractivity contribution >= 4 is 11.7 Å². The van der Waals surface area contributed by atoms with E-state index in [-0.39, 0.29) is 18.2 Å². The Labute approximate surface area is 58.0 Å². The van der Waals surface area contributed by atoms with Crippen LogP contribution in [0.5, 0.6) is 0 Å². The van der Waals surface area contributed by atoms with E-state index in [1.807, 2.05) is 0 Å². The van der Waals surface area contributed by atoms with Crippen molar-refractivity contribution in [2.75, 3.05) is 13.7 Å². The van der Waals surface area contributed by atoms with E-state index in [1.165, 1.54) is 19.3 Å². The Morgan fingerprint density at radius 3 is 2.70 bits per heavy atom. The zero-order valence-electron chi connectivity index (χ0n) is 5.53. The third kappa shape index (κ3) is 1.22. The number of rotatable bonds is 1. The molecule has 0 N–H and O–H groups in total. The fourth-order valence-corrected chi connectivity index (χ4v) is 0.674. The van der Waals surface area contributed by atoms with Gasteiger partial charge in [-0.3, -0.25) is 14.4 Å². The third-order valence-corrected chi connectivity index (χ3v) is 1.18. The van der Waals surface area contributed by atoms with Crippen LogP contribution in [0.4, 0.5) is 0 Å². The molecular weight excluding hydrogens is 134 g/mol. The van der Waals surface area contributed by atoms with Crippen molar-refractivity contribution in [1.82, 2.24) is 5.06 Å². The molecular formula is C6H7NO3. The highest BCUT2D eigenvalue weighted by Crippen LogP contribution is 1.98. The number of hydrogen-bond acceptors (Lipinski definition) is 3. The minimum atomic E-state index is -0.290. The van der Waals surface area contributed by atoms with Gasteiger partial charge in [0.15, 0.2) is 5.78 Å². The lowest BCUT2D eigenvalue weighted by molar-refractivity contribution is -0.173. The van der Waals surface area contributed by atoms with Crippen LogP contribution < -0.4 is 0 Å². The van der Waals surface area contributed by atoms with E-state index in [0.717, 1.165) is 5.06 Å². The SMILES string of the molecule is CON1CC(=O)C=CC1=O. The minimum Gasteiger partial charge on any atom is -0.293 e. The van der Waals surface area contributed by atoms with Gasteiger partial charge in [-0.05, 0) is 6.08 Å². The second kappa shape index (κ2) is 2.62. The van der Waals surface area contributed by atoms with Crippen molar-refractivity contribution in [2.24, 2.45) is 0 Å². The predicted molar refractivity (Wildman–Crippen MR) is 32.9 cm³/mol. The minimum absolute atomic E-state index is 0.0197. The standard InChI is InChI=1S/C6H7NO3/c1-10-7-4-5(8)2-3-6(7)9/h2-3H,4H2,1H3. The summed E-state index contributed by atoms with van der Waals surface area (Å²) >= 11 is 0. The molecule has 4 heteroatoms. The van der Waals surface area contributed by atoms with Gasteiger partial charge in [-0.15, -0.1) is 0 Å². The molecule has 0 spiro atoms. The van der Waals surface area contributed by atoms with Crippen LogP contribution in [0, 0.1) is 0 Å². The van der Waals surface area contributed by atoms with Crippen molar-refractivity contribution in [3.8, 4) is 0 Å². The van der Waals surface area contributed by atoms with Gasteiger partial charge in [-0.1, -0.05) is 0 Å². The van der Waals surface area contributed by atoms with Gasteiger partial charge in [0, 0.05) is 6.08 Å². The molecule has 0 saturated heterocycles. The second-order valence-corrected chi connectivity index (χ2v) is 1.86. The molecule has 1 heterocycles. The first-order valence-electron chi connectivity index (χ1n) is 2.80. The maximum Gasteiger partial charge on any atom is 0.270 e. The van der Waals surface area contributed by atoms with Crippen LogP contribution in [0.25, 0.3) is 0 Å². The number of hydrogen-bond donors (Lipinski definition) is 0. The Kier molecular flexibility index (Phi) is 1.82. The van der Waals surface area contributed by atoms with E-state index in [4.69, 9.17) is 0 Å². The largest absolute Gasteiger partial charge is 0.293 e. The molecule has 0 fully saturated rings. The maximum atomic E-state index is 10.7. The summed E-state index contributed by atoms with van der Waals surface area (Å²) in [6.45, 7) is 0.0197. The summed E-state index contributed by atoms with van der Waals surface area (Å²) in [6, 6.07) is 0. The van der Waals surface area contributed by atoms with Gasteiger partial charge in [0.25, 0.3) is 5.91 Å². The van der Waals surface area contributed by atoms with E-state index in [2.05, 4.69) is 4.84 Å². The average Bonchev–Trinajstić information content (AvgIpc) is 1.94. The van der Waals surface area contributed by atoms with Crippen LogP contribution in [0.2, 0.25) is 0 Å². The molecule has 0 aromatic carbocycles. The summed E-state index contributed by atoms with van der Waals surface area (Å²) in [7, 11) is 1.35. The van der Waals surface area contributed by atoms with Crippen LogP contribution in [0.15, 0.2) is 12.2 Å². The van der Waals surface area contributed by atoms with Gasteiger partial charge in [-0.2, -0.15) is 0 Å². The van der Waals surface area contributed by atoms with Gasteiger partial charge in [0.2, 0.25) is 0 Å². The van der Waals surface area contributed by atoms with Crippen LogP contribution in [0.1, 0.15) is 0 Å². The molecule has 0 bridgehead atoms. The Bertz CT molecular complexity index is 197. The zero-order chi connectivity index (χ0) is 7.56. The normalized spacial score (nSPS) is 18.3. The first kappa shape index (κ1) is 6.95. The van der Waals surface area contributed by atoms with Crippen molar-refractivity contribution in [1.29, 1.82) is 0 Å². The molecule has 0 atom stereocenters. The first-order chi connectivity index (χ1) is 4.74. The molecule has 1 aliphatic rings. The van der Waals surface area contributed by atoms with Gasteiger partial charge in [0.05, 0.1) is 7.11 Å². The van der Waals surface area contributed by atoms with E-state index >= 15 is 0 Å². The molecule has 54 valence electrons. The van der Waals surface area contributed by atoms with Gasteiger partial charge >= 0.3 is 0 Å².